The number of aromatic nitrogens is 1. The summed E-state index contributed by atoms with van der Waals surface area (Å²) in [5.74, 6) is 0.574. The highest BCUT2D eigenvalue weighted by Crippen LogP contribution is 2.21. The summed E-state index contributed by atoms with van der Waals surface area (Å²) in [5.41, 5.74) is 2.08. The first kappa shape index (κ1) is 15.8. The maximum Gasteiger partial charge on any atom is 0.253 e. The zero-order valence-electron chi connectivity index (χ0n) is 12.6. The van der Waals surface area contributed by atoms with Gasteiger partial charge in [0.05, 0.1) is 31.2 Å². The summed E-state index contributed by atoms with van der Waals surface area (Å²) in [4.78, 5) is 16.1. The zero-order valence-corrected chi connectivity index (χ0v) is 12.6. The van der Waals surface area contributed by atoms with Crippen molar-refractivity contribution in [3.05, 3.63) is 48.3 Å². The van der Waals surface area contributed by atoms with E-state index in [1.165, 1.54) is 6.20 Å². The van der Waals surface area contributed by atoms with Gasteiger partial charge in [-0.15, -0.1) is 0 Å². The third-order valence-electron chi connectivity index (χ3n) is 2.95. The highest BCUT2D eigenvalue weighted by molar-refractivity contribution is 5.94. The van der Waals surface area contributed by atoms with Crippen molar-refractivity contribution in [3.8, 4) is 5.75 Å². The Bertz CT molecular complexity index is 632. The lowest BCUT2D eigenvalue weighted by Crippen LogP contribution is -2.27. The van der Waals surface area contributed by atoms with Gasteiger partial charge in [0, 0.05) is 31.6 Å². The molecule has 2 aromatic rings. The largest absolute Gasteiger partial charge is 0.497 e. The molecule has 0 aliphatic heterocycles. The van der Waals surface area contributed by atoms with Gasteiger partial charge in [0.15, 0.2) is 0 Å². The van der Waals surface area contributed by atoms with E-state index in [0.717, 1.165) is 17.1 Å². The summed E-state index contributed by atoms with van der Waals surface area (Å²) >= 11 is 0. The fraction of sp³-hybridized carbons (Fsp3) is 0.250. The molecular formula is C16H19N3O3. The molecule has 1 heterocycles. The van der Waals surface area contributed by atoms with Crippen LogP contribution in [0.25, 0.3) is 0 Å². The fourth-order valence-corrected chi connectivity index (χ4v) is 1.87. The predicted octanol–water partition coefficient (Wildman–Crippen LogP) is 2.21. The second-order valence-electron chi connectivity index (χ2n) is 4.57. The first-order valence-corrected chi connectivity index (χ1v) is 6.86. The number of methoxy groups -OCH3 is 2. The number of rotatable bonds is 7. The van der Waals surface area contributed by atoms with Crippen molar-refractivity contribution in [2.24, 2.45) is 0 Å². The second kappa shape index (κ2) is 7.99. The molecule has 6 heteroatoms. The average Bonchev–Trinajstić information content (AvgIpc) is 2.55. The number of carbonyl (C=O) groups is 1. The molecule has 0 saturated carbocycles. The van der Waals surface area contributed by atoms with Gasteiger partial charge in [0.1, 0.15) is 5.75 Å². The predicted molar refractivity (Wildman–Crippen MR) is 84.7 cm³/mol. The van der Waals surface area contributed by atoms with E-state index in [2.05, 4.69) is 15.6 Å². The summed E-state index contributed by atoms with van der Waals surface area (Å²) in [5, 5.41) is 5.95. The highest BCUT2D eigenvalue weighted by Gasteiger charge is 2.06. The standard InChI is InChI=1S/C16H19N3O3/c1-21-7-6-18-16(20)12-8-14(11-17-10-12)19-13-4-3-5-15(9-13)22-2/h3-5,8-11,19H,6-7H2,1-2H3,(H,18,20). The van der Waals surface area contributed by atoms with Gasteiger partial charge in [-0.2, -0.15) is 0 Å². The zero-order chi connectivity index (χ0) is 15.8. The van der Waals surface area contributed by atoms with Crippen LogP contribution in [0.3, 0.4) is 0 Å². The van der Waals surface area contributed by atoms with Gasteiger partial charge >= 0.3 is 0 Å². The molecule has 0 unspecified atom stereocenters. The number of pyridine rings is 1. The van der Waals surface area contributed by atoms with E-state index in [-0.39, 0.29) is 5.91 Å². The Labute approximate surface area is 129 Å². The van der Waals surface area contributed by atoms with Crippen LogP contribution in [0.4, 0.5) is 11.4 Å². The molecule has 6 nitrogen and oxygen atoms in total. The Morgan fingerprint density at radius 3 is 2.82 bits per heavy atom. The van der Waals surface area contributed by atoms with Crippen LogP contribution >= 0.6 is 0 Å². The molecule has 0 aliphatic rings. The summed E-state index contributed by atoms with van der Waals surface area (Å²) in [6.45, 7) is 0.934. The molecule has 0 bridgehead atoms. The number of hydrogen-bond acceptors (Lipinski definition) is 5. The van der Waals surface area contributed by atoms with Crippen LogP contribution in [0.15, 0.2) is 42.7 Å². The fourth-order valence-electron chi connectivity index (χ4n) is 1.87. The number of benzene rings is 1. The number of carbonyl (C=O) groups excluding carboxylic acids is 1. The molecule has 1 aromatic heterocycles. The topological polar surface area (TPSA) is 72.5 Å². The van der Waals surface area contributed by atoms with Gasteiger partial charge in [0.25, 0.3) is 5.91 Å². The minimum Gasteiger partial charge on any atom is -0.497 e. The third kappa shape index (κ3) is 4.46. The van der Waals surface area contributed by atoms with Crippen molar-refractivity contribution >= 4 is 17.3 Å². The molecule has 2 rings (SSSR count). The molecule has 0 fully saturated rings. The summed E-state index contributed by atoms with van der Waals surface area (Å²) in [7, 11) is 3.21. The van der Waals surface area contributed by atoms with Gasteiger partial charge in [-0.05, 0) is 18.2 Å². The van der Waals surface area contributed by atoms with Crippen LogP contribution in [0.5, 0.6) is 5.75 Å². The molecule has 22 heavy (non-hydrogen) atoms. The quantitative estimate of drug-likeness (QED) is 0.767. The molecule has 2 N–H and O–H groups in total. The molecule has 0 saturated heterocycles. The normalized spacial score (nSPS) is 10.1. The van der Waals surface area contributed by atoms with E-state index in [4.69, 9.17) is 9.47 Å². The van der Waals surface area contributed by atoms with Gasteiger partial charge in [0.2, 0.25) is 0 Å². The first-order chi connectivity index (χ1) is 10.7. The average molecular weight is 301 g/mol. The molecule has 0 radical (unpaired) electrons. The molecule has 1 aromatic carbocycles. The maximum absolute atomic E-state index is 12.0. The third-order valence-corrected chi connectivity index (χ3v) is 2.95. The van der Waals surface area contributed by atoms with Crippen LogP contribution in [-0.2, 0) is 4.74 Å². The van der Waals surface area contributed by atoms with Crippen LogP contribution in [0.2, 0.25) is 0 Å². The molecule has 0 spiro atoms. The summed E-state index contributed by atoms with van der Waals surface area (Å²) in [6.07, 6.45) is 3.18. The van der Waals surface area contributed by atoms with Crippen molar-refractivity contribution in [3.63, 3.8) is 0 Å². The van der Waals surface area contributed by atoms with Crippen LogP contribution < -0.4 is 15.4 Å². The number of amides is 1. The van der Waals surface area contributed by atoms with Crippen molar-refractivity contribution in [1.29, 1.82) is 0 Å². The van der Waals surface area contributed by atoms with E-state index in [0.29, 0.717) is 18.7 Å². The molecule has 1 amide bonds. The van der Waals surface area contributed by atoms with Gasteiger partial charge in [-0.25, -0.2) is 0 Å². The first-order valence-electron chi connectivity index (χ1n) is 6.86. The number of nitrogens with zero attached hydrogens (tertiary/aromatic N) is 1. The molecule has 116 valence electrons. The number of hydrogen-bond donors (Lipinski definition) is 2. The Kier molecular flexibility index (Phi) is 5.73. The van der Waals surface area contributed by atoms with E-state index in [1.54, 1.807) is 26.5 Å². The van der Waals surface area contributed by atoms with E-state index >= 15 is 0 Å². The van der Waals surface area contributed by atoms with E-state index in [9.17, 15) is 4.79 Å². The molecule has 0 aliphatic carbocycles. The lowest BCUT2D eigenvalue weighted by molar-refractivity contribution is 0.0937. The lowest BCUT2D eigenvalue weighted by Gasteiger charge is -2.09. The summed E-state index contributed by atoms with van der Waals surface area (Å²) in [6, 6.07) is 9.27. The maximum atomic E-state index is 12.0. The van der Waals surface area contributed by atoms with Crippen molar-refractivity contribution in [2.75, 3.05) is 32.7 Å². The minimum absolute atomic E-state index is 0.182. The van der Waals surface area contributed by atoms with E-state index < -0.39 is 0 Å². The Balaban J connectivity index is 2.06. The van der Waals surface area contributed by atoms with Crippen LogP contribution in [0, 0.1) is 0 Å². The monoisotopic (exact) mass is 301 g/mol. The number of ether oxygens (including phenoxy) is 2. The Morgan fingerprint density at radius 2 is 2.05 bits per heavy atom. The van der Waals surface area contributed by atoms with Gasteiger partial charge < -0.3 is 20.1 Å². The SMILES string of the molecule is COCCNC(=O)c1cncc(Nc2cccc(OC)c2)c1. The minimum atomic E-state index is -0.182. The van der Waals surface area contributed by atoms with Gasteiger partial charge in [-0.1, -0.05) is 6.07 Å². The summed E-state index contributed by atoms with van der Waals surface area (Å²) < 4.78 is 10.1. The highest BCUT2D eigenvalue weighted by atomic mass is 16.5. The lowest BCUT2D eigenvalue weighted by atomic mass is 10.2. The smallest absolute Gasteiger partial charge is 0.253 e. The molecule has 0 atom stereocenters. The number of anilines is 2. The Hall–Kier alpha value is -2.60. The van der Waals surface area contributed by atoms with E-state index in [1.807, 2.05) is 24.3 Å². The second-order valence-corrected chi connectivity index (χ2v) is 4.57. The number of nitrogens with one attached hydrogen (secondary N) is 2. The van der Waals surface area contributed by atoms with Crippen LogP contribution in [-0.4, -0.2) is 38.3 Å². The van der Waals surface area contributed by atoms with Gasteiger partial charge in [-0.3, -0.25) is 9.78 Å². The Morgan fingerprint density at radius 1 is 1.18 bits per heavy atom. The van der Waals surface area contributed by atoms with Crippen molar-refractivity contribution in [1.82, 2.24) is 10.3 Å². The van der Waals surface area contributed by atoms with Crippen molar-refractivity contribution in [2.45, 2.75) is 0 Å². The van der Waals surface area contributed by atoms with Crippen molar-refractivity contribution < 1.29 is 14.3 Å². The van der Waals surface area contributed by atoms with Crippen LogP contribution in [0.1, 0.15) is 10.4 Å². The molecular weight excluding hydrogens is 282 g/mol.